The third kappa shape index (κ3) is 4.36. The van der Waals surface area contributed by atoms with E-state index in [0.29, 0.717) is 0 Å². The molecule has 1 aromatic carbocycles. The Morgan fingerprint density at radius 3 is 2.59 bits per heavy atom. The number of benzene rings is 1. The number of hydrogen-bond donors (Lipinski definition) is 1. The molecule has 1 atom stereocenters. The largest absolute Gasteiger partial charge is 0.465 e. The second-order valence-corrected chi connectivity index (χ2v) is 5.98. The summed E-state index contributed by atoms with van der Waals surface area (Å²) >= 11 is 0. The molecule has 29 heavy (non-hydrogen) atoms. The molecular weight excluding hydrogens is 382 g/mol. The van der Waals surface area contributed by atoms with Crippen molar-refractivity contribution in [3.8, 4) is 17.2 Å². The Bertz CT molecular complexity index is 1030. The van der Waals surface area contributed by atoms with Crippen LogP contribution in [-0.2, 0) is 9.47 Å². The van der Waals surface area contributed by atoms with Crippen LogP contribution in [0.5, 0.6) is 0 Å². The van der Waals surface area contributed by atoms with Gasteiger partial charge >= 0.3 is 11.9 Å². The molecular formula is C19H17N3O7. The molecule has 0 aliphatic carbocycles. The molecule has 2 rings (SSSR count). The van der Waals surface area contributed by atoms with Crippen LogP contribution in [0.25, 0.3) is 11.1 Å². The van der Waals surface area contributed by atoms with Crippen molar-refractivity contribution < 1.29 is 29.1 Å². The average Bonchev–Trinajstić information content (AvgIpc) is 2.71. The SMILES string of the molecule is COC(=O)c1c(C#N)nc(C)c(C(=O)OC(C)CO)c1-c1cccc([N+](=O)[O-])c1. The van der Waals surface area contributed by atoms with Crippen molar-refractivity contribution in [1.29, 1.82) is 5.26 Å². The Kier molecular flexibility index (Phi) is 6.59. The lowest BCUT2D eigenvalue weighted by Gasteiger charge is -2.18. The predicted octanol–water partition coefficient (Wildman–Crippen LogP) is 2.16. The topological polar surface area (TPSA) is 153 Å². The quantitative estimate of drug-likeness (QED) is 0.437. The number of carbonyl (C=O) groups is 2. The summed E-state index contributed by atoms with van der Waals surface area (Å²) in [5, 5.41) is 29.8. The fraction of sp³-hybridized carbons (Fsp3) is 0.263. The molecule has 2 aromatic rings. The molecule has 0 saturated carbocycles. The molecule has 0 radical (unpaired) electrons. The first-order valence-electron chi connectivity index (χ1n) is 8.34. The summed E-state index contributed by atoms with van der Waals surface area (Å²) in [5.41, 5.74) is -0.928. The van der Waals surface area contributed by atoms with Gasteiger partial charge < -0.3 is 14.6 Å². The number of methoxy groups -OCH3 is 1. The molecule has 0 spiro atoms. The van der Waals surface area contributed by atoms with Gasteiger partial charge in [0.25, 0.3) is 5.69 Å². The summed E-state index contributed by atoms with van der Waals surface area (Å²) in [5.74, 6) is -1.85. The first kappa shape index (κ1) is 21.5. The van der Waals surface area contributed by atoms with Crippen LogP contribution >= 0.6 is 0 Å². The number of carbonyl (C=O) groups excluding carboxylic acids is 2. The lowest BCUT2D eigenvalue weighted by molar-refractivity contribution is -0.384. The lowest BCUT2D eigenvalue weighted by Crippen LogP contribution is -2.22. The second-order valence-electron chi connectivity index (χ2n) is 5.98. The van der Waals surface area contributed by atoms with Gasteiger partial charge in [-0.05, 0) is 19.4 Å². The Morgan fingerprint density at radius 2 is 2.03 bits per heavy atom. The maximum Gasteiger partial charge on any atom is 0.341 e. The van der Waals surface area contributed by atoms with Crippen LogP contribution in [0.15, 0.2) is 24.3 Å². The molecule has 1 unspecified atom stereocenters. The number of ether oxygens (including phenoxy) is 2. The van der Waals surface area contributed by atoms with Crippen molar-refractivity contribution in [3.63, 3.8) is 0 Å². The van der Waals surface area contributed by atoms with Crippen LogP contribution in [0.3, 0.4) is 0 Å². The number of nitro benzene ring substituents is 1. The first-order chi connectivity index (χ1) is 13.7. The molecule has 0 aliphatic heterocycles. The van der Waals surface area contributed by atoms with Gasteiger partial charge in [-0.2, -0.15) is 5.26 Å². The molecule has 1 heterocycles. The van der Waals surface area contributed by atoms with E-state index in [1.807, 2.05) is 0 Å². The monoisotopic (exact) mass is 399 g/mol. The highest BCUT2D eigenvalue weighted by molar-refractivity contribution is 6.07. The third-order valence-electron chi connectivity index (χ3n) is 3.99. The number of aliphatic hydroxyl groups is 1. The maximum atomic E-state index is 12.8. The van der Waals surface area contributed by atoms with Gasteiger partial charge in [-0.15, -0.1) is 0 Å². The van der Waals surface area contributed by atoms with Crippen molar-refractivity contribution in [2.24, 2.45) is 0 Å². The summed E-state index contributed by atoms with van der Waals surface area (Å²) in [6.07, 6.45) is -0.850. The van der Waals surface area contributed by atoms with Crippen molar-refractivity contribution >= 4 is 17.6 Å². The normalized spacial score (nSPS) is 11.3. The fourth-order valence-electron chi connectivity index (χ4n) is 2.68. The summed E-state index contributed by atoms with van der Waals surface area (Å²) in [6, 6.07) is 7.01. The van der Waals surface area contributed by atoms with E-state index in [-0.39, 0.29) is 39.3 Å². The van der Waals surface area contributed by atoms with E-state index >= 15 is 0 Å². The van der Waals surface area contributed by atoms with E-state index in [1.165, 1.54) is 32.0 Å². The summed E-state index contributed by atoms with van der Waals surface area (Å²) in [6.45, 7) is 2.45. The number of nitriles is 1. The summed E-state index contributed by atoms with van der Waals surface area (Å²) in [4.78, 5) is 39.7. The first-order valence-corrected chi connectivity index (χ1v) is 8.34. The van der Waals surface area contributed by atoms with E-state index in [0.717, 1.165) is 13.2 Å². The molecule has 10 heteroatoms. The van der Waals surface area contributed by atoms with Gasteiger partial charge in [-0.25, -0.2) is 14.6 Å². The van der Waals surface area contributed by atoms with Gasteiger partial charge in [0.15, 0.2) is 5.69 Å². The molecule has 0 bridgehead atoms. The molecule has 1 N–H and O–H groups in total. The van der Waals surface area contributed by atoms with Crippen LogP contribution < -0.4 is 0 Å². The minimum Gasteiger partial charge on any atom is -0.465 e. The molecule has 0 aliphatic rings. The van der Waals surface area contributed by atoms with Crippen LogP contribution in [0.1, 0.15) is 39.0 Å². The van der Waals surface area contributed by atoms with Crippen LogP contribution in [-0.4, -0.2) is 46.8 Å². The summed E-state index contributed by atoms with van der Waals surface area (Å²) in [7, 11) is 1.09. The Hall–Kier alpha value is -3.84. The van der Waals surface area contributed by atoms with Gasteiger partial charge in [0, 0.05) is 17.7 Å². The zero-order valence-electron chi connectivity index (χ0n) is 15.8. The van der Waals surface area contributed by atoms with E-state index in [9.17, 15) is 25.0 Å². The maximum absolute atomic E-state index is 12.8. The van der Waals surface area contributed by atoms with Gasteiger partial charge in [-0.1, -0.05) is 12.1 Å². The predicted molar refractivity (Wildman–Crippen MR) is 99.1 cm³/mol. The second kappa shape index (κ2) is 8.90. The third-order valence-corrected chi connectivity index (χ3v) is 3.99. The molecule has 10 nitrogen and oxygen atoms in total. The van der Waals surface area contributed by atoms with Gasteiger partial charge in [0.1, 0.15) is 17.7 Å². The van der Waals surface area contributed by atoms with E-state index in [4.69, 9.17) is 14.6 Å². The molecule has 0 saturated heterocycles. The van der Waals surface area contributed by atoms with Gasteiger partial charge in [0.2, 0.25) is 0 Å². The van der Waals surface area contributed by atoms with Gasteiger partial charge in [-0.3, -0.25) is 10.1 Å². The number of aromatic nitrogens is 1. The van der Waals surface area contributed by atoms with Crippen LogP contribution in [0.4, 0.5) is 5.69 Å². The molecule has 0 amide bonds. The number of aryl methyl sites for hydroxylation is 1. The fourth-order valence-corrected chi connectivity index (χ4v) is 2.68. The zero-order valence-corrected chi connectivity index (χ0v) is 15.8. The van der Waals surface area contributed by atoms with Crippen molar-refractivity contribution in [3.05, 3.63) is 56.9 Å². The standard InChI is InChI=1S/C19H17N3O7/c1-10(9-23)29-19(25)15-11(2)21-14(8-20)17(18(24)28-3)16(15)12-5-4-6-13(7-12)22(26)27/h4-7,10,23H,9H2,1-3H3. The number of nitro groups is 1. The summed E-state index contributed by atoms with van der Waals surface area (Å²) < 4.78 is 9.89. The minimum absolute atomic E-state index is 0.0697. The minimum atomic E-state index is -0.945. The highest BCUT2D eigenvalue weighted by Gasteiger charge is 2.30. The Morgan fingerprint density at radius 1 is 1.34 bits per heavy atom. The molecule has 0 fully saturated rings. The number of esters is 2. The van der Waals surface area contributed by atoms with E-state index in [2.05, 4.69) is 4.98 Å². The highest BCUT2D eigenvalue weighted by atomic mass is 16.6. The molecule has 1 aromatic heterocycles. The number of nitrogens with zero attached hydrogens (tertiary/aromatic N) is 3. The van der Waals surface area contributed by atoms with Crippen molar-refractivity contribution in [1.82, 2.24) is 4.98 Å². The number of hydrogen-bond acceptors (Lipinski definition) is 9. The number of non-ortho nitro benzene ring substituents is 1. The highest BCUT2D eigenvalue weighted by Crippen LogP contribution is 2.34. The average molecular weight is 399 g/mol. The number of rotatable bonds is 6. The van der Waals surface area contributed by atoms with E-state index < -0.39 is 29.6 Å². The Balaban J connectivity index is 2.92. The molecule has 150 valence electrons. The lowest BCUT2D eigenvalue weighted by atomic mass is 9.92. The number of aliphatic hydroxyl groups excluding tert-OH is 1. The smallest absolute Gasteiger partial charge is 0.341 e. The van der Waals surface area contributed by atoms with Crippen molar-refractivity contribution in [2.75, 3.05) is 13.7 Å². The van der Waals surface area contributed by atoms with Crippen LogP contribution in [0.2, 0.25) is 0 Å². The van der Waals surface area contributed by atoms with Crippen LogP contribution in [0, 0.1) is 28.4 Å². The van der Waals surface area contributed by atoms with Gasteiger partial charge in [0.05, 0.1) is 29.9 Å². The van der Waals surface area contributed by atoms with E-state index in [1.54, 1.807) is 6.07 Å². The Labute approximate surface area is 165 Å². The zero-order chi connectivity index (χ0) is 21.7. The van der Waals surface area contributed by atoms with Crippen molar-refractivity contribution in [2.45, 2.75) is 20.0 Å². The number of pyridine rings is 1.